The van der Waals surface area contributed by atoms with Gasteiger partial charge in [0.1, 0.15) is 10.6 Å². The number of amides is 1. The van der Waals surface area contributed by atoms with Crippen LogP contribution in [0.2, 0.25) is 0 Å². The second kappa shape index (κ2) is 9.14. The summed E-state index contributed by atoms with van der Waals surface area (Å²) in [5, 5.41) is 3.13. The number of ether oxygens (including phenoxy) is 2. The van der Waals surface area contributed by atoms with Crippen molar-refractivity contribution >= 4 is 28.3 Å². The number of carbonyl (C=O) groups is 2. The van der Waals surface area contributed by atoms with Crippen LogP contribution in [-0.2, 0) is 16.0 Å². The van der Waals surface area contributed by atoms with Gasteiger partial charge in [-0.3, -0.25) is 4.79 Å². The molecule has 1 aromatic heterocycles. The highest BCUT2D eigenvalue weighted by molar-refractivity contribution is 7.18. The van der Waals surface area contributed by atoms with Crippen LogP contribution >= 0.6 is 11.3 Å². The summed E-state index contributed by atoms with van der Waals surface area (Å²) in [6, 6.07) is 16.6. The molecule has 0 aliphatic heterocycles. The largest absolute Gasteiger partial charge is 0.497 e. The number of hydrogen-bond donors (Lipinski definition) is 1. The van der Waals surface area contributed by atoms with Crippen molar-refractivity contribution in [1.82, 2.24) is 4.98 Å². The lowest BCUT2D eigenvalue weighted by Crippen LogP contribution is -2.14. The average Bonchev–Trinajstić information content (AvgIpc) is 3.12. The summed E-state index contributed by atoms with van der Waals surface area (Å²) in [4.78, 5) is 29.6. The first-order valence-electron chi connectivity index (χ1n) is 8.77. The summed E-state index contributed by atoms with van der Waals surface area (Å²) in [5.41, 5.74) is 2.11. The van der Waals surface area contributed by atoms with Gasteiger partial charge in [-0.1, -0.05) is 53.8 Å². The van der Waals surface area contributed by atoms with Gasteiger partial charge >= 0.3 is 5.97 Å². The summed E-state index contributed by atoms with van der Waals surface area (Å²) in [5.74, 6) is 0.0136. The van der Waals surface area contributed by atoms with E-state index >= 15 is 0 Å². The minimum atomic E-state index is -0.452. The van der Waals surface area contributed by atoms with Crippen LogP contribution in [0, 0.1) is 0 Å². The van der Waals surface area contributed by atoms with Crippen LogP contribution in [0.15, 0.2) is 54.6 Å². The maximum Gasteiger partial charge on any atom is 0.350 e. The number of nitrogens with one attached hydrogen (secondary N) is 1. The van der Waals surface area contributed by atoms with Crippen molar-refractivity contribution in [3.05, 3.63) is 65.0 Å². The standard InChI is InChI=1S/C21H20N2O4S/c1-3-27-20(25)19-18(15-9-5-4-6-10-15)23-21(28-19)22-17(24)13-14-8-7-11-16(12-14)26-2/h4-12H,3,13H2,1-2H3,(H,22,23,24). The van der Waals surface area contributed by atoms with Crippen molar-refractivity contribution in [3.63, 3.8) is 0 Å². The Labute approximate surface area is 167 Å². The van der Waals surface area contributed by atoms with Crippen LogP contribution in [-0.4, -0.2) is 30.6 Å². The Hall–Kier alpha value is -3.19. The minimum absolute atomic E-state index is 0.173. The molecule has 0 aliphatic rings. The molecule has 1 amide bonds. The molecule has 0 fully saturated rings. The first-order valence-corrected chi connectivity index (χ1v) is 9.58. The molecule has 0 saturated heterocycles. The second-order valence-electron chi connectivity index (χ2n) is 5.86. The number of carbonyl (C=O) groups excluding carboxylic acids is 2. The lowest BCUT2D eigenvalue weighted by Gasteiger charge is -2.04. The zero-order valence-corrected chi connectivity index (χ0v) is 16.4. The zero-order valence-electron chi connectivity index (χ0n) is 15.6. The quantitative estimate of drug-likeness (QED) is 0.606. The molecule has 0 saturated carbocycles. The van der Waals surface area contributed by atoms with Crippen molar-refractivity contribution in [2.24, 2.45) is 0 Å². The van der Waals surface area contributed by atoms with E-state index in [0.29, 0.717) is 21.5 Å². The smallest absolute Gasteiger partial charge is 0.350 e. The van der Waals surface area contributed by atoms with Crippen LogP contribution < -0.4 is 10.1 Å². The van der Waals surface area contributed by atoms with Gasteiger partial charge in [0.2, 0.25) is 5.91 Å². The Morgan fingerprint density at radius 1 is 1.11 bits per heavy atom. The predicted octanol–water partition coefficient (Wildman–Crippen LogP) is 4.18. The van der Waals surface area contributed by atoms with E-state index in [4.69, 9.17) is 9.47 Å². The number of methoxy groups -OCH3 is 1. The van der Waals surface area contributed by atoms with Crippen LogP contribution in [0.1, 0.15) is 22.2 Å². The molecular formula is C21H20N2O4S. The summed E-state index contributed by atoms with van der Waals surface area (Å²) in [7, 11) is 1.58. The van der Waals surface area contributed by atoms with Gasteiger partial charge in [0, 0.05) is 5.56 Å². The molecule has 0 atom stereocenters. The van der Waals surface area contributed by atoms with E-state index < -0.39 is 5.97 Å². The van der Waals surface area contributed by atoms with E-state index in [0.717, 1.165) is 22.5 Å². The summed E-state index contributed by atoms with van der Waals surface area (Å²) in [6.07, 6.45) is 0.173. The molecular weight excluding hydrogens is 376 g/mol. The number of hydrogen-bond acceptors (Lipinski definition) is 6. The molecule has 0 bridgehead atoms. The fourth-order valence-corrected chi connectivity index (χ4v) is 3.53. The van der Waals surface area contributed by atoms with E-state index in [-0.39, 0.29) is 18.9 Å². The van der Waals surface area contributed by atoms with E-state index in [9.17, 15) is 9.59 Å². The number of rotatable bonds is 7. The van der Waals surface area contributed by atoms with E-state index in [1.807, 2.05) is 48.5 Å². The Kier molecular flexibility index (Phi) is 6.39. The third-order valence-electron chi connectivity index (χ3n) is 3.88. The zero-order chi connectivity index (χ0) is 19.9. The second-order valence-corrected chi connectivity index (χ2v) is 6.86. The van der Waals surface area contributed by atoms with Crippen LogP contribution in [0.4, 0.5) is 5.13 Å². The minimum Gasteiger partial charge on any atom is -0.497 e. The lowest BCUT2D eigenvalue weighted by atomic mass is 10.1. The van der Waals surface area contributed by atoms with Crippen molar-refractivity contribution in [1.29, 1.82) is 0 Å². The Bertz CT molecular complexity index is 970. The number of thiazole rings is 1. The highest BCUT2D eigenvalue weighted by Crippen LogP contribution is 2.32. The normalized spacial score (nSPS) is 10.4. The molecule has 7 heteroatoms. The maximum absolute atomic E-state index is 12.4. The molecule has 3 rings (SSSR count). The topological polar surface area (TPSA) is 77.5 Å². The number of anilines is 1. The van der Waals surface area contributed by atoms with Gasteiger partial charge in [0.15, 0.2) is 5.13 Å². The molecule has 144 valence electrons. The lowest BCUT2D eigenvalue weighted by molar-refractivity contribution is -0.115. The fourth-order valence-electron chi connectivity index (χ4n) is 2.63. The number of aromatic nitrogens is 1. The van der Waals surface area contributed by atoms with Crippen molar-refractivity contribution in [2.45, 2.75) is 13.3 Å². The predicted molar refractivity (Wildman–Crippen MR) is 109 cm³/mol. The van der Waals surface area contributed by atoms with Gasteiger partial charge in [-0.2, -0.15) is 0 Å². The van der Waals surface area contributed by atoms with E-state index in [2.05, 4.69) is 10.3 Å². The molecule has 0 spiro atoms. The van der Waals surface area contributed by atoms with Crippen molar-refractivity contribution in [3.8, 4) is 17.0 Å². The van der Waals surface area contributed by atoms with Gasteiger partial charge in [-0.25, -0.2) is 9.78 Å². The highest BCUT2D eigenvalue weighted by Gasteiger charge is 2.21. The van der Waals surface area contributed by atoms with Gasteiger partial charge in [0.05, 0.1) is 25.8 Å². The molecule has 28 heavy (non-hydrogen) atoms. The molecule has 3 aromatic rings. The summed E-state index contributed by atoms with van der Waals surface area (Å²) in [6.45, 7) is 2.01. The summed E-state index contributed by atoms with van der Waals surface area (Å²) >= 11 is 1.11. The highest BCUT2D eigenvalue weighted by atomic mass is 32.1. The molecule has 6 nitrogen and oxygen atoms in total. The van der Waals surface area contributed by atoms with Crippen LogP contribution in [0.25, 0.3) is 11.3 Å². The van der Waals surface area contributed by atoms with Crippen LogP contribution in [0.5, 0.6) is 5.75 Å². The number of benzene rings is 2. The van der Waals surface area contributed by atoms with Gasteiger partial charge in [-0.05, 0) is 24.6 Å². The molecule has 1 N–H and O–H groups in total. The molecule has 1 heterocycles. The number of nitrogens with zero attached hydrogens (tertiary/aromatic N) is 1. The van der Waals surface area contributed by atoms with Gasteiger partial charge in [-0.15, -0.1) is 0 Å². The molecule has 2 aromatic carbocycles. The van der Waals surface area contributed by atoms with E-state index in [1.165, 1.54) is 0 Å². The summed E-state index contributed by atoms with van der Waals surface area (Å²) < 4.78 is 10.3. The first-order chi connectivity index (χ1) is 13.6. The molecule has 0 radical (unpaired) electrons. The Morgan fingerprint density at radius 2 is 1.89 bits per heavy atom. The first kappa shape index (κ1) is 19.6. The average molecular weight is 396 g/mol. The van der Waals surface area contributed by atoms with Crippen molar-refractivity contribution < 1.29 is 19.1 Å². The SMILES string of the molecule is CCOC(=O)c1sc(NC(=O)Cc2cccc(OC)c2)nc1-c1ccccc1. The van der Waals surface area contributed by atoms with Gasteiger partial charge in [0.25, 0.3) is 0 Å². The maximum atomic E-state index is 12.4. The third kappa shape index (κ3) is 4.75. The number of esters is 1. The Balaban J connectivity index is 1.81. The van der Waals surface area contributed by atoms with Gasteiger partial charge < -0.3 is 14.8 Å². The Morgan fingerprint density at radius 3 is 2.61 bits per heavy atom. The molecule has 0 unspecified atom stereocenters. The molecule has 0 aliphatic carbocycles. The monoisotopic (exact) mass is 396 g/mol. The fraction of sp³-hybridized carbons (Fsp3) is 0.190. The van der Waals surface area contributed by atoms with E-state index in [1.54, 1.807) is 20.1 Å². The third-order valence-corrected chi connectivity index (χ3v) is 4.83. The van der Waals surface area contributed by atoms with Crippen molar-refractivity contribution in [2.75, 3.05) is 19.0 Å². The van der Waals surface area contributed by atoms with Crippen LogP contribution in [0.3, 0.4) is 0 Å².